The van der Waals surface area contributed by atoms with Crippen molar-refractivity contribution in [3.05, 3.63) is 95.7 Å². The van der Waals surface area contributed by atoms with Crippen LogP contribution >= 0.6 is 0 Å². The van der Waals surface area contributed by atoms with Crippen molar-refractivity contribution in [2.24, 2.45) is 0 Å². The van der Waals surface area contributed by atoms with Crippen LogP contribution in [0.25, 0.3) is 0 Å². The lowest BCUT2D eigenvalue weighted by atomic mass is 10.1. The monoisotopic (exact) mass is 506 g/mol. The number of carbonyl (C=O) groups excluding carboxylic acids is 1. The van der Waals surface area contributed by atoms with Gasteiger partial charge in [0, 0.05) is 6.08 Å². The molecule has 206 valence electrons. The fraction of sp³-hybridized carbons (Fsp3) is 0.514. The number of esters is 1. The van der Waals surface area contributed by atoms with E-state index >= 15 is 0 Å². The molecule has 2 heteroatoms. The third-order valence-electron chi connectivity index (χ3n) is 5.90. The number of rotatable bonds is 21. The van der Waals surface area contributed by atoms with Crippen LogP contribution in [0, 0.1) is 0 Å². The van der Waals surface area contributed by atoms with Gasteiger partial charge >= 0.3 is 5.97 Å². The molecule has 0 rings (SSSR count). The van der Waals surface area contributed by atoms with Crippen molar-refractivity contribution in [3.63, 3.8) is 0 Å². The molecule has 0 heterocycles. The van der Waals surface area contributed by atoms with Gasteiger partial charge in [-0.3, -0.25) is 0 Å². The van der Waals surface area contributed by atoms with Crippen LogP contribution in [0.3, 0.4) is 0 Å². The van der Waals surface area contributed by atoms with Gasteiger partial charge in [0.15, 0.2) is 0 Å². The highest BCUT2D eigenvalue weighted by atomic mass is 16.5. The van der Waals surface area contributed by atoms with E-state index in [1.807, 2.05) is 36.5 Å². The van der Waals surface area contributed by atoms with Crippen molar-refractivity contribution in [3.8, 4) is 0 Å². The predicted octanol–water partition coefficient (Wildman–Crippen LogP) is 10.9. The van der Waals surface area contributed by atoms with Crippen molar-refractivity contribution in [1.29, 1.82) is 0 Å². The van der Waals surface area contributed by atoms with Gasteiger partial charge in [0.05, 0.1) is 0 Å². The molecule has 0 aromatic heterocycles. The third-order valence-corrected chi connectivity index (χ3v) is 5.90. The molecule has 0 aliphatic heterocycles. The lowest BCUT2D eigenvalue weighted by Gasteiger charge is -2.02. The van der Waals surface area contributed by atoms with E-state index in [0.717, 1.165) is 32.1 Å². The molecule has 0 radical (unpaired) electrons. The maximum absolute atomic E-state index is 11.8. The van der Waals surface area contributed by atoms with Gasteiger partial charge in [0.2, 0.25) is 0 Å². The summed E-state index contributed by atoms with van der Waals surface area (Å²) < 4.78 is 5.25. The molecule has 0 fully saturated rings. The molecular weight excluding hydrogens is 452 g/mol. The first-order chi connectivity index (χ1) is 18.0. The highest BCUT2D eigenvalue weighted by Gasteiger charge is 1.95. The van der Waals surface area contributed by atoms with Crippen LogP contribution in [0.1, 0.15) is 112 Å². The van der Waals surface area contributed by atoms with Crippen LogP contribution in [-0.4, -0.2) is 12.6 Å². The minimum atomic E-state index is -0.321. The summed E-state index contributed by atoms with van der Waals surface area (Å²) in [6.07, 6.45) is 40.7. The Balaban J connectivity index is 3.92. The average Bonchev–Trinajstić information content (AvgIpc) is 2.85. The Morgan fingerprint density at radius 1 is 0.595 bits per heavy atom. The number of carbonyl (C=O) groups is 1. The summed E-state index contributed by atoms with van der Waals surface area (Å²) in [6, 6.07) is 0. The molecule has 0 saturated heterocycles. The van der Waals surface area contributed by atoms with E-state index in [2.05, 4.69) is 65.0 Å². The second-order valence-electron chi connectivity index (χ2n) is 9.94. The lowest BCUT2D eigenvalue weighted by molar-refractivity contribution is -0.136. The van der Waals surface area contributed by atoms with Gasteiger partial charge in [-0.15, -0.1) is 0 Å². The maximum Gasteiger partial charge on any atom is 0.331 e. The van der Waals surface area contributed by atoms with Gasteiger partial charge in [-0.2, -0.15) is 0 Å². The van der Waals surface area contributed by atoms with Crippen LogP contribution in [0.15, 0.2) is 95.7 Å². The topological polar surface area (TPSA) is 26.3 Å². The van der Waals surface area contributed by atoms with E-state index in [4.69, 9.17) is 4.74 Å². The van der Waals surface area contributed by atoms with Gasteiger partial charge in [-0.05, 0) is 72.3 Å². The highest BCUT2D eigenvalue weighted by Crippen LogP contribution is 2.11. The highest BCUT2D eigenvalue weighted by molar-refractivity contribution is 5.82. The number of ether oxygens (including phenoxy) is 1. The van der Waals surface area contributed by atoms with Crippen LogP contribution in [0.4, 0.5) is 0 Å². The van der Waals surface area contributed by atoms with Crippen molar-refractivity contribution in [2.75, 3.05) is 6.61 Å². The fourth-order valence-electron chi connectivity index (χ4n) is 3.57. The lowest BCUT2D eigenvalue weighted by Crippen LogP contribution is -2.00. The minimum absolute atomic E-state index is 0.319. The molecule has 0 aliphatic carbocycles. The van der Waals surface area contributed by atoms with Crippen molar-refractivity contribution < 1.29 is 9.53 Å². The first-order valence-electron chi connectivity index (χ1n) is 14.4. The molecule has 0 aromatic rings. The third kappa shape index (κ3) is 27.8. The zero-order valence-electron chi connectivity index (χ0n) is 24.5. The van der Waals surface area contributed by atoms with Crippen LogP contribution in [0.2, 0.25) is 0 Å². The Morgan fingerprint density at radius 2 is 1.14 bits per heavy atom. The summed E-state index contributed by atoms with van der Waals surface area (Å²) in [4.78, 5) is 11.8. The quantitative estimate of drug-likeness (QED) is 0.0508. The Hall–Kier alpha value is -2.61. The number of hydrogen-bond acceptors (Lipinski definition) is 2. The van der Waals surface area contributed by atoms with Crippen LogP contribution < -0.4 is 0 Å². The maximum atomic E-state index is 11.8. The second kappa shape index (κ2) is 26.5. The van der Waals surface area contributed by atoms with Gasteiger partial charge < -0.3 is 4.74 Å². The Labute approximate surface area is 229 Å². The average molecular weight is 507 g/mol. The molecular formula is C35H54O2. The number of unbranched alkanes of at least 4 members (excludes halogenated alkanes) is 7. The largest absolute Gasteiger partial charge is 0.458 e. The SMILES string of the molecule is CCCCCCCCCC=CC=CC=CC=CC=CC(=O)OCC=C(C)CCC=C(C)CCC=C(C)C. The molecule has 0 unspecified atom stereocenters. The minimum Gasteiger partial charge on any atom is -0.458 e. The molecule has 0 saturated carbocycles. The smallest absolute Gasteiger partial charge is 0.331 e. The van der Waals surface area contributed by atoms with E-state index in [1.165, 1.54) is 67.7 Å². The molecule has 0 aliphatic rings. The van der Waals surface area contributed by atoms with Crippen molar-refractivity contribution in [1.82, 2.24) is 0 Å². The first kappa shape index (κ1) is 34.4. The second-order valence-corrected chi connectivity index (χ2v) is 9.94. The van der Waals surface area contributed by atoms with Crippen LogP contribution in [-0.2, 0) is 9.53 Å². The zero-order chi connectivity index (χ0) is 27.4. The molecule has 0 amide bonds. The molecule has 0 spiro atoms. The molecule has 2 nitrogen and oxygen atoms in total. The summed E-state index contributed by atoms with van der Waals surface area (Å²) in [5.74, 6) is -0.321. The summed E-state index contributed by atoms with van der Waals surface area (Å²) in [5.41, 5.74) is 4.06. The zero-order valence-corrected chi connectivity index (χ0v) is 24.5. The first-order valence-corrected chi connectivity index (χ1v) is 14.4. The van der Waals surface area contributed by atoms with E-state index in [1.54, 1.807) is 6.08 Å². The van der Waals surface area contributed by atoms with E-state index in [9.17, 15) is 4.79 Å². The Kier molecular flexibility index (Phi) is 24.6. The van der Waals surface area contributed by atoms with Crippen LogP contribution in [0.5, 0.6) is 0 Å². The van der Waals surface area contributed by atoms with Gasteiger partial charge in [-0.1, -0.05) is 129 Å². The van der Waals surface area contributed by atoms with E-state index < -0.39 is 0 Å². The summed E-state index contributed by atoms with van der Waals surface area (Å²) in [7, 11) is 0. The van der Waals surface area contributed by atoms with E-state index in [0.29, 0.717) is 6.61 Å². The Bertz CT molecular complexity index is 808. The van der Waals surface area contributed by atoms with E-state index in [-0.39, 0.29) is 5.97 Å². The van der Waals surface area contributed by atoms with Gasteiger partial charge in [0.25, 0.3) is 0 Å². The number of hydrogen-bond donors (Lipinski definition) is 0. The van der Waals surface area contributed by atoms with Crippen molar-refractivity contribution in [2.45, 2.75) is 112 Å². The molecule has 0 aromatic carbocycles. The summed E-state index contributed by atoms with van der Waals surface area (Å²) >= 11 is 0. The summed E-state index contributed by atoms with van der Waals surface area (Å²) in [6.45, 7) is 11.1. The number of allylic oxidation sites excluding steroid dienone is 14. The normalized spacial score (nSPS) is 13.2. The predicted molar refractivity (Wildman–Crippen MR) is 165 cm³/mol. The molecule has 0 bridgehead atoms. The fourth-order valence-corrected chi connectivity index (χ4v) is 3.57. The standard InChI is InChI=1S/C35H54O2/c1-6-7-8-9-10-11-12-13-14-15-16-17-18-19-20-21-22-29-35(36)37-31-30-34(5)28-24-27-33(4)26-23-25-32(2)3/h14-22,25,27,29-30H,6-13,23-24,26,28,31H2,1-5H3. The van der Waals surface area contributed by atoms with Gasteiger partial charge in [-0.25, -0.2) is 4.79 Å². The molecule has 0 atom stereocenters. The Morgan fingerprint density at radius 3 is 1.78 bits per heavy atom. The van der Waals surface area contributed by atoms with Crippen molar-refractivity contribution >= 4 is 5.97 Å². The summed E-state index contributed by atoms with van der Waals surface area (Å²) in [5, 5.41) is 0. The van der Waals surface area contributed by atoms with Gasteiger partial charge in [0.1, 0.15) is 6.61 Å². The molecule has 37 heavy (non-hydrogen) atoms. The molecule has 0 N–H and O–H groups in total.